The zero-order valence-electron chi connectivity index (χ0n) is 12.4. The third-order valence-corrected chi connectivity index (χ3v) is 3.91. The maximum Gasteiger partial charge on any atom is 0.227 e. The Kier molecular flexibility index (Phi) is 2.85. The van der Waals surface area contributed by atoms with Crippen LogP contribution in [0.15, 0.2) is 18.2 Å². The fraction of sp³-hybridized carbons (Fsp3) is 0.500. The van der Waals surface area contributed by atoms with Gasteiger partial charge in [0, 0.05) is 17.0 Å². The maximum atomic E-state index is 11.9. The number of hydrogen-bond acceptors (Lipinski definition) is 2. The van der Waals surface area contributed by atoms with Gasteiger partial charge in [0.1, 0.15) is 5.82 Å². The van der Waals surface area contributed by atoms with Gasteiger partial charge in [-0.2, -0.15) is 0 Å². The van der Waals surface area contributed by atoms with Crippen LogP contribution in [0.2, 0.25) is 0 Å². The molecule has 0 unspecified atom stereocenters. The van der Waals surface area contributed by atoms with E-state index in [1.54, 1.807) is 0 Å². The Labute approximate surface area is 119 Å². The molecule has 106 valence electrons. The predicted molar refractivity (Wildman–Crippen MR) is 80.7 cm³/mol. The number of nitrogens with zero attached hydrogens (tertiary/aromatic N) is 1. The number of aromatic nitrogens is 2. The van der Waals surface area contributed by atoms with E-state index in [2.05, 4.69) is 43.0 Å². The highest BCUT2D eigenvalue weighted by Crippen LogP contribution is 2.38. The minimum Gasteiger partial charge on any atom is -0.341 e. The molecule has 0 radical (unpaired) electrons. The minimum absolute atomic E-state index is 0.00806. The number of rotatable bonds is 2. The van der Waals surface area contributed by atoms with Crippen molar-refractivity contribution in [2.45, 2.75) is 39.5 Å². The molecule has 2 N–H and O–H groups in total. The van der Waals surface area contributed by atoms with Crippen LogP contribution in [0.3, 0.4) is 0 Å². The highest BCUT2D eigenvalue weighted by atomic mass is 16.2. The van der Waals surface area contributed by atoms with E-state index in [4.69, 9.17) is 0 Å². The van der Waals surface area contributed by atoms with Gasteiger partial charge in [-0.05, 0) is 30.5 Å². The average molecular weight is 271 g/mol. The van der Waals surface area contributed by atoms with Crippen molar-refractivity contribution in [2.24, 2.45) is 11.8 Å². The lowest BCUT2D eigenvalue weighted by Gasteiger charge is -2.13. The lowest BCUT2D eigenvalue weighted by Crippen LogP contribution is -2.14. The van der Waals surface area contributed by atoms with Crippen LogP contribution in [-0.2, 0) is 10.2 Å². The monoisotopic (exact) mass is 271 g/mol. The Hall–Kier alpha value is -1.84. The van der Waals surface area contributed by atoms with Crippen molar-refractivity contribution >= 4 is 22.6 Å². The first-order valence-electron chi connectivity index (χ1n) is 7.16. The first kappa shape index (κ1) is 13.2. The third kappa shape index (κ3) is 2.42. The summed E-state index contributed by atoms with van der Waals surface area (Å²) in [5.41, 5.74) is 2.74. The number of benzene rings is 1. The molecule has 1 fully saturated rings. The van der Waals surface area contributed by atoms with Crippen LogP contribution < -0.4 is 5.32 Å². The van der Waals surface area contributed by atoms with E-state index >= 15 is 0 Å². The van der Waals surface area contributed by atoms with E-state index in [1.165, 1.54) is 0 Å². The van der Waals surface area contributed by atoms with Crippen molar-refractivity contribution in [3.05, 3.63) is 24.0 Å². The second kappa shape index (κ2) is 4.33. The molecule has 0 aliphatic heterocycles. The molecule has 0 saturated heterocycles. The van der Waals surface area contributed by atoms with Crippen molar-refractivity contribution in [2.75, 3.05) is 5.32 Å². The van der Waals surface area contributed by atoms with Crippen LogP contribution in [0.4, 0.5) is 5.69 Å². The number of carbonyl (C=O) groups excluding carboxylic acids is 1. The van der Waals surface area contributed by atoms with Gasteiger partial charge in [-0.3, -0.25) is 4.79 Å². The molecule has 1 amide bonds. The van der Waals surface area contributed by atoms with Gasteiger partial charge in [0.2, 0.25) is 5.91 Å². The second-order valence-electron chi connectivity index (χ2n) is 6.88. The molecule has 1 aliphatic rings. The molecular formula is C16H21N3O. The van der Waals surface area contributed by atoms with Gasteiger partial charge >= 0.3 is 0 Å². The molecule has 1 saturated carbocycles. The predicted octanol–water partition coefficient (Wildman–Crippen LogP) is 3.45. The maximum absolute atomic E-state index is 11.9. The summed E-state index contributed by atoms with van der Waals surface area (Å²) in [7, 11) is 0. The molecule has 0 spiro atoms. The highest BCUT2D eigenvalue weighted by molar-refractivity contribution is 5.96. The fourth-order valence-electron chi connectivity index (χ4n) is 2.36. The Bertz CT molecular complexity index is 666. The number of aromatic amines is 1. The van der Waals surface area contributed by atoms with Gasteiger partial charge in [-0.1, -0.05) is 27.7 Å². The largest absolute Gasteiger partial charge is 0.341 e. The van der Waals surface area contributed by atoms with E-state index in [0.717, 1.165) is 29.0 Å². The van der Waals surface area contributed by atoms with Crippen LogP contribution in [0.5, 0.6) is 0 Å². The molecule has 1 aliphatic carbocycles. The molecular weight excluding hydrogens is 250 g/mol. The molecule has 3 rings (SSSR count). The number of fused-ring (bicyclic) bond motifs is 1. The summed E-state index contributed by atoms with van der Waals surface area (Å²) in [4.78, 5) is 19.9. The molecule has 2 aromatic rings. The number of hydrogen-bond donors (Lipinski definition) is 2. The van der Waals surface area contributed by atoms with Crippen LogP contribution in [0.25, 0.3) is 11.0 Å². The van der Waals surface area contributed by atoms with E-state index in [0.29, 0.717) is 5.92 Å². The van der Waals surface area contributed by atoms with E-state index < -0.39 is 0 Å². The molecule has 4 nitrogen and oxygen atoms in total. The van der Waals surface area contributed by atoms with Crippen molar-refractivity contribution in [1.82, 2.24) is 9.97 Å². The number of carbonyl (C=O) groups is 1. The smallest absolute Gasteiger partial charge is 0.227 e. The Morgan fingerprint density at radius 3 is 2.70 bits per heavy atom. The number of anilines is 1. The molecule has 1 aromatic heterocycles. The van der Waals surface area contributed by atoms with Crippen LogP contribution in [-0.4, -0.2) is 15.9 Å². The summed E-state index contributed by atoms with van der Waals surface area (Å²) in [5, 5.41) is 2.99. The third-order valence-electron chi connectivity index (χ3n) is 3.91. The zero-order chi connectivity index (χ0) is 14.5. The van der Waals surface area contributed by atoms with E-state index in [-0.39, 0.29) is 17.2 Å². The van der Waals surface area contributed by atoms with E-state index in [1.807, 2.05) is 18.2 Å². The lowest BCUT2D eigenvalue weighted by atomic mass is 9.96. The Morgan fingerprint density at radius 2 is 2.10 bits per heavy atom. The first-order valence-corrected chi connectivity index (χ1v) is 7.16. The first-order chi connectivity index (χ1) is 9.34. The lowest BCUT2D eigenvalue weighted by molar-refractivity contribution is -0.117. The minimum atomic E-state index is -0.00806. The van der Waals surface area contributed by atoms with Crippen LogP contribution in [0, 0.1) is 11.8 Å². The molecule has 0 bridgehead atoms. The average Bonchev–Trinajstić information content (AvgIpc) is 2.92. The molecule has 4 heteroatoms. The number of amides is 1. The SMILES string of the molecule is C[C@@H]1C[C@H]1C(=O)Nc1ccc2nc(C(C)(C)C)[nH]c2c1. The molecule has 20 heavy (non-hydrogen) atoms. The van der Waals surface area contributed by atoms with Gasteiger partial charge in [-0.25, -0.2) is 4.98 Å². The van der Waals surface area contributed by atoms with Gasteiger partial charge in [0.15, 0.2) is 0 Å². The summed E-state index contributed by atoms with van der Waals surface area (Å²) >= 11 is 0. The summed E-state index contributed by atoms with van der Waals surface area (Å²) in [6.45, 7) is 8.49. The number of nitrogens with one attached hydrogen (secondary N) is 2. The zero-order valence-corrected chi connectivity index (χ0v) is 12.4. The van der Waals surface area contributed by atoms with E-state index in [9.17, 15) is 4.79 Å². The van der Waals surface area contributed by atoms with Crippen molar-refractivity contribution < 1.29 is 4.79 Å². The topological polar surface area (TPSA) is 57.8 Å². The normalized spacial score (nSPS) is 22.0. The number of imidazole rings is 1. The van der Waals surface area contributed by atoms with Crippen LogP contribution >= 0.6 is 0 Å². The second-order valence-corrected chi connectivity index (χ2v) is 6.88. The summed E-state index contributed by atoms with van der Waals surface area (Å²) in [6, 6.07) is 5.83. The Morgan fingerprint density at radius 1 is 1.40 bits per heavy atom. The standard InChI is InChI=1S/C16H21N3O/c1-9-7-11(9)14(20)17-10-5-6-12-13(8-10)19-15(18-12)16(2,3)4/h5-6,8-9,11H,7H2,1-4H3,(H,17,20)(H,18,19)/t9-,11-/m1/s1. The molecule has 1 heterocycles. The van der Waals surface area contributed by atoms with Gasteiger partial charge in [-0.15, -0.1) is 0 Å². The van der Waals surface area contributed by atoms with Gasteiger partial charge < -0.3 is 10.3 Å². The van der Waals surface area contributed by atoms with Crippen molar-refractivity contribution in [3.8, 4) is 0 Å². The summed E-state index contributed by atoms with van der Waals surface area (Å²) in [6.07, 6.45) is 1.01. The van der Waals surface area contributed by atoms with Crippen molar-refractivity contribution in [3.63, 3.8) is 0 Å². The molecule has 2 atom stereocenters. The highest BCUT2D eigenvalue weighted by Gasteiger charge is 2.39. The van der Waals surface area contributed by atoms with Gasteiger partial charge in [0.25, 0.3) is 0 Å². The summed E-state index contributed by atoms with van der Waals surface area (Å²) in [5.74, 6) is 1.81. The number of H-pyrrole nitrogens is 1. The Balaban J connectivity index is 1.85. The quantitative estimate of drug-likeness (QED) is 0.878. The molecule has 1 aromatic carbocycles. The van der Waals surface area contributed by atoms with Crippen molar-refractivity contribution in [1.29, 1.82) is 0 Å². The van der Waals surface area contributed by atoms with Gasteiger partial charge in [0.05, 0.1) is 11.0 Å². The van der Waals surface area contributed by atoms with Crippen LogP contribution in [0.1, 0.15) is 39.9 Å². The fourth-order valence-corrected chi connectivity index (χ4v) is 2.36. The summed E-state index contributed by atoms with van der Waals surface area (Å²) < 4.78 is 0.